The topological polar surface area (TPSA) is 26.0 Å². The number of hydrogen-bond acceptors (Lipinski definition) is 1. The second-order valence-corrected chi connectivity index (χ2v) is 4.19. The van der Waals surface area contributed by atoms with Crippen LogP contribution in [0.1, 0.15) is 40.5 Å². The summed E-state index contributed by atoms with van der Waals surface area (Å²) in [5.74, 6) is 2.20. The highest BCUT2D eigenvalue weighted by molar-refractivity contribution is 4.84. The standard InChI is InChI=1S/C11H23N/c1-9(2)5-6-10(3)11(4)7-8-12/h7-11H,5-6,12H2,1-4H3/b8-7+/t10-,11?/m0/s1. The predicted molar refractivity (Wildman–Crippen MR) is 55.7 cm³/mol. The summed E-state index contributed by atoms with van der Waals surface area (Å²) in [5, 5.41) is 0. The van der Waals surface area contributed by atoms with Crippen LogP contribution in [0.2, 0.25) is 0 Å². The summed E-state index contributed by atoms with van der Waals surface area (Å²) in [7, 11) is 0. The van der Waals surface area contributed by atoms with E-state index in [2.05, 4.69) is 33.8 Å². The zero-order valence-corrected chi connectivity index (χ0v) is 8.88. The second-order valence-electron chi connectivity index (χ2n) is 4.19. The smallest absolute Gasteiger partial charge is 0.0100 e. The van der Waals surface area contributed by atoms with E-state index in [1.165, 1.54) is 12.8 Å². The molecule has 0 radical (unpaired) electrons. The fourth-order valence-electron chi connectivity index (χ4n) is 1.22. The Labute approximate surface area is 77.0 Å². The quantitative estimate of drug-likeness (QED) is 0.672. The van der Waals surface area contributed by atoms with Gasteiger partial charge in [-0.3, -0.25) is 0 Å². The van der Waals surface area contributed by atoms with E-state index < -0.39 is 0 Å². The van der Waals surface area contributed by atoms with Crippen molar-refractivity contribution in [1.82, 2.24) is 0 Å². The lowest BCUT2D eigenvalue weighted by Crippen LogP contribution is -2.07. The van der Waals surface area contributed by atoms with Gasteiger partial charge in [0.15, 0.2) is 0 Å². The molecule has 0 saturated carbocycles. The van der Waals surface area contributed by atoms with Gasteiger partial charge in [0.2, 0.25) is 0 Å². The molecule has 0 bridgehead atoms. The van der Waals surface area contributed by atoms with Crippen LogP contribution in [0, 0.1) is 17.8 Å². The van der Waals surface area contributed by atoms with E-state index in [9.17, 15) is 0 Å². The Morgan fingerprint density at radius 3 is 2.08 bits per heavy atom. The number of allylic oxidation sites excluding steroid dienone is 1. The lowest BCUT2D eigenvalue weighted by molar-refractivity contribution is 0.384. The largest absolute Gasteiger partial charge is 0.405 e. The molecule has 0 saturated heterocycles. The third kappa shape index (κ3) is 5.22. The third-order valence-corrected chi connectivity index (χ3v) is 2.51. The monoisotopic (exact) mass is 169 g/mol. The molecule has 72 valence electrons. The van der Waals surface area contributed by atoms with Crippen molar-refractivity contribution in [3.63, 3.8) is 0 Å². The Hall–Kier alpha value is -0.460. The summed E-state index contributed by atoms with van der Waals surface area (Å²) in [5.41, 5.74) is 5.34. The van der Waals surface area contributed by atoms with Crippen molar-refractivity contribution < 1.29 is 0 Å². The van der Waals surface area contributed by atoms with E-state index >= 15 is 0 Å². The minimum Gasteiger partial charge on any atom is -0.405 e. The molecular weight excluding hydrogens is 146 g/mol. The van der Waals surface area contributed by atoms with Gasteiger partial charge in [-0.05, 0) is 30.4 Å². The molecule has 1 heteroatoms. The van der Waals surface area contributed by atoms with Gasteiger partial charge in [-0.1, -0.05) is 40.2 Å². The highest BCUT2D eigenvalue weighted by atomic mass is 14.5. The molecule has 12 heavy (non-hydrogen) atoms. The molecule has 0 aliphatic rings. The first kappa shape index (κ1) is 11.5. The Balaban J connectivity index is 3.63. The lowest BCUT2D eigenvalue weighted by atomic mass is 9.89. The summed E-state index contributed by atoms with van der Waals surface area (Å²) in [6, 6.07) is 0. The van der Waals surface area contributed by atoms with E-state index in [0.717, 1.165) is 11.8 Å². The van der Waals surface area contributed by atoms with Gasteiger partial charge < -0.3 is 5.73 Å². The van der Waals surface area contributed by atoms with Crippen molar-refractivity contribution in [2.75, 3.05) is 0 Å². The van der Waals surface area contributed by atoms with Crippen LogP contribution in [0.5, 0.6) is 0 Å². The summed E-state index contributed by atoms with van der Waals surface area (Å²) in [6.45, 7) is 9.08. The maximum Gasteiger partial charge on any atom is -0.0100 e. The van der Waals surface area contributed by atoms with E-state index in [-0.39, 0.29) is 0 Å². The van der Waals surface area contributed by atoms with Crippen molar-refractivity contribution in [3.8, 4) is 0 Å². The first-order chi connectivity index (χ1) is 5.57. The Bertz CT molecular complexity index is 127. The van der Waals surface area contributed by atoms with Crippen LogP contribution in [0.3, 0.4) is 0 Å². The molecule has 0 aromatic carbocycles. The molecule has 0 amide bonds. The maximum atomic E-state index is 5.34. The number of hydrogen-bond donors (Lipinski definition) is 1. The molecule has 2 atom stereocenters. The molecular formula is C11H23N. The molecule has 0 aromatic rings. The molecule has 1 nitrogen and oxygen atoms in total. The van der Waals surface area contributed by atoms with Crippen LogP contribution in [-0.2, 0) is 0 Å². The number of nitrogens with two attached hydrogens (primary N) is 1. The lowest BCUT2D eigenvalue weighted by Gasteiger charge is -2.17. The van der Waals surface area contributed by atoms with Gasteiger partial charge in [0, 0.05) is 0 Å². The highest BCUT2D eigenvalue weighted by Crippen LogP contribution is 2.20. The van der Waals surface area contributed by atoms with Gasteiger partial charge in [-0.2, -0.15) is 0 Å². The molecule has 0 aliphatic carbocycles. The minimum absolute atomic E-state index is 0.619. The van der Waals surface area contributed by atoms with Crippen molar-refractivity contribution in [3.05, 3.63) is 12.3 Å². The average molecular weight is 169 g/mol. The normalized spacial score (nSPS) is 17.1. The van der Waals surface area contributed by atoms with E-state index in [4.69, 9.17) is 5.73 Å². The molecule has 0 heterocycles. The molecule has 0 aliphatic heterocycles. The Morgan fingerprint density at radius 2 is 1.67 bits per heavy atom. The van der Waals surface area contributed by atoms with E-state index in [1.54, 1.807) is 6.20 Å². The zero-order chi connectivity index (χ0) is 9.56. The summed E-state index contributed by atoms with van der Waals surface area (Å²) in [6.07, 6.45) is 6.38. The van der Waals surface area contributed by atoms with Crippen LogP contribution >= 0.6 is 0 Å². The highest BCUT2D eigenvalue weighted by Gasteiger charge is 2.09. The minimum atomic E-state index is 0.619. The van der Waals surface area contributed by atoms with Crippen LogP contribution in [0.4, 0.5) is 0 Å². The van der Waals surface area contributed by atoms with Gasteiger partial charge in [0.05, 0.1) is 0 Å². The van der Waals surface area contributed by atoms with Gasteiger partial charge in [0.25, 0.3) is 0 Å². The maximum absolute atomic E-state index is 5.34. The first-order valence-electron chi connectivity index (χ1n) is 4.96. The number of rotatable bonds is 5. The van der Waals surface area contributed by atoms with Gasteiger partial charge >= 0.3 is 0 Å². The third-order valence-electron chi connectivity index (χ3n) is 2.51. The zero-order valence-electron chi connectivity index (χ0n) is 8.88. The van der Waals surface area contributed by atoms with Gasteiger partial charge in [0.1, 0.15) is 0 Å². The van der Waals surface area contributed by atoms with Crippen molar-refractivity contribution in [2.24, 2.45) is 23.5 Å². The van der Waals surface area contributed by atoms with Crippen molar-refractivity contribution in [2.45, 2.75) is 40.5 Å². The molecule has 1 unspecified atom stereocenters. The average Bonchev–Trinajstić information content (AvgIpc) is 2.00. The van der Waals surface area contributed by atoms with Crippen LogP contribution in [-0.4, -0.2) is 0 Å². The summed E-state index contributed by atoms with van der Waals surface area (Å²) < 4.78 is 0. The van der Waals surface area contributed by atoms with Crippen molar-refractivity contribution >= 4 is 0 Å². The molecule has 0 aromatic heterocycles. The summed E-state index contributed by atoms with van der Waals surface area (Å²) >= 11 is 0. The predicted octanol–water partition coefficient (Wildman–Crippen LogP) is 3.17. The van der Waals surface area contributed by atoms with Crippen LogP contribution in [0.25, 0.3) is 0 Å². The van der Waals surface area contributed by atoms with Crippen LogP contribution < -0.4 is 5.73 Å². The van der Waals surface area contributed by atoms with Crippen molar-refractivity contribution in [1.29, 1.82) is 0 Å². The van der Waals surface area contributed by atoms with E-state index in [1.807, 2.05) is 0 Å². The SMILES string of the molecule is CC(C)CC[C@H](C)C(C)/C=C/N. The van der Waals surface area contributed by atoms with Crippen LogP contribution in [0.15, 0.2) is 12.3 Å². The van der Waals surface area contributed by atoms with Gasteiger partial charge in [-0.25, -0.2) is 0 Å². The Morgan fingerprint density at radius 1 is 1.08 bits per heavy atom. The fraction of sp³-hybridized carbons (Fsp3) is 0.818. The van der Waals surface area contributed by atoms with E-state index in [0.29, 0.717) is 5.92 Å². The molecule has 0 rings (SSSR count). The fourth-order valence-corrected chi connectivity index (χ4v) is 1.22. The molecule has 0 spiro atoms. The second kappa shape index (κ2) is 6.10. The van der Waals surface area contributed by atoms with Gasteiger partial charge in [-0.15, -0.1) is 0 Å². The summed E-state index contributed by atoms with van der Waals surface area (Å²) in [4.78, 5) is 0. The first-order valence-corrected chi connectivity index (χ1v) is 4.96. The Kier molecular flexibility index (Phi) is 5.87. The molecule has 2 N–H and O–H groups in total. The molecule has 0 fully saturated rings.